The Morgan fingerprint density at radius 2 is 1.83 bits per heavy atom. The van der Waals surface area contributed by atoms with Crippen molar-refractivity contribution < 1.29 is 4.79 Å². The van der Waals surface area contributed by atoms with Crippen LogP contribution in [0.4, 0.5) is 0 Å². The van der Waals surface area contributed by atoms with Crippen LogP contribution in [0, 0.1) is 3.57 Å². The van der Waals surface area contributed by atoms with E-state index in [2.05, 4.69) is 57.1 Å². The third kappa shape index (κ3) is 4.32. The van der Waals surface area contributed by atoms with Gasteiger partial charge in [0.15, 0.2) is 0 Å². The number of fused-ring (bicyclic) bond motifs is 1. The van der Waals surface area contributed by atoms with Gasteiger partial charge in [-0.3, -0.25) is 9.69 Å². The van der Waals surface area contributed by atoms with Crippen LogP contribution in [0.1, 0.15) is 27.9 Å². The van der Waals surface area contributed by atoms with Crippen molar-refractivity contribution in [3.8, 4) is 0 Å². The molecular weight excluding hydrogens is 399 g/mol. The first-order valence-electron chi connectivity index (χ1n) is 8.06. The molecule has 23 heavy (non-hydrogen) atoms. The molecule has 0 unspecified atom stereocenters. The molecule has 0 aliphatic carbocycles. The number of carbonyl (C=O) groups is 1. The molecule has 0 aromatic heterocycles. The van der Waals surface area contributed by atoms with E-state index in [4.69, 9.17) is 0 Å². The molecule has 4 heteroatoms. The molecular formula is C19H21IN2O. The predicted molar refractivity (Wildman–Crippen MR) is 102 cm³/mol. The molecule has 1 N–H and O–H groups in total. The van der Waals surface area contributed by atoms with Gasteiger partial charge in [-0.1, -0.05) is 36.4 Å². The van der Waals surface area contributed by atoms with E-state index in [1.807, 2.05) is 24.3 Å². The summed E-state index contributed by atoms with van der Waals surface area (Å²) in [6.07, 6.45) is 2.11. The molecule has 0 bridgehead atoms. The fraction of sp³-hybridized carbons (Fsp3) is 0.316. The molecule has 0 radical (unpaired) electrons. The predicted octanol–water partition coefficient (Wildman–Crippen LogP) is 3.47. The molecule has 1 aliphatic heterocycles. The second-order valence-corrected chi connectivity index (χ2v) is 7.05. The van der Waals surface area contributed by atoms with Crippen molar-refractivity contribution in [1.82, 2.24) is 10.2 Å². The van der Waals surface area contributed by atoms with Crippen LogP contribution in [0.5, 0.6) is 0 Å². The minimum atomic E-state index is 0.0268. The van der Waals surface area contributed by atoms with Gasteiger partial charge in [0.05, 0.1) is 5.56 Å². The van der Waals surface area contributed by atoms with Crippen molar-refractivity contribution in [2.45, 2.75) is 19.4 Å². The lowest BCUT2D eigenvalue weighted by molar-refractivity contribution is 0.0950. The topological polar surface area (TPSA) is 32.3 Å². The van der Waals surface area contributed by atoms with E-state index >= 15 is 0 Å². The maximum absolute atomic E-state index is 12.2. The van der Waals surface area contributed by atoms with Crippen molar-refractivity contribution in [3.05, 3.63) is 68.8 Å². The second-order valence-electron chi connectivity index (χ2n) is 5.88. The minimum Gasteiger partial charge on any atom is -0.352 e. The number of nitrogens with one attached hydrogen (secondary N) is 1. The zero-order valence-electron chi connectivity index (χ0n) is 13.1. The molecule has 1 heterocycles. The maximum Gasteiger partial charge on any atom is 0.252 e. The third-order valence-electron chi connectivity index (χ3n) is 4.26. The minimum absolute atomic E-state index is 0.0268. The Kier molecular flexibility index (Phi) is 5.67. The van der Waals surface area contributed by atoms with Crippen LogP contribution in [0.15, 0.2) is 48.5 Å². The summed E-state index contributed by atoms with van der Waals surface area (Å²) in [7, 11) is 0. The summed E-state index contributed by atoms with van der Waals surface area (Å²) in [5.41, 5.74) is 3.69. The number of carbonyl (C=O) groups excluding carboxylic acids is 1. The van der Waals surface area contributed by atoms with E-state index in [9.17, 15) is 4.79 Å². The molecule has 3 nitrogen and oxygen atoms in total. The number of hydrogen-bond acceptors (Lipinski definition) is 2. The lowest BCUT2D eigenvalue weighted by atomic mass is 10.00. The Morgan fingerprint density at radius 1 is 1.09 bits per heavy atom. The Morgan fingerprint density at radius 3 is 2.65 bits per heavy atom. The molecule has 0 atom stereocenters. The van der Waals surface area contributed by atoms with Gasteiger partial charge < -0.3 is 5.32 Å². The SMILES string of the molecule is O=C(NCCCN1CCc2ccccc2C1)c1ccccc1I. The van der Waals surface area contributed by atoms with E-state index in [0.29, 0.717) is 0 Å². The van der Waals surface area contributed by atoms with Gasteiger partial charge in [0.2, 0.25) is 0 Å². The van der Waals surface area contributed by atoms with Crippen molar-refractivity contribution in [2.75, 3.05) is 19.6 Å². The fourth-order valence-corrected chi connectivity index (χ4v) is 3.62. The zero-order chi connectivity index (χ0) is 16.1. The van der Waals surface area contributed by atoms with Gasteiger partial charge >= 0.3 is 0 Å². The molecule has 0 fully saturated rings. The highest BCUT2D eigenvalue weighted by molar-refractivity contribution is 14.1. The van der Waals surface area contributed by atoms with E-state index < -0.39 is 0 Å². The van der Waals surface area contributed by atoms with Crippen LogP contribution in [0.3, 0.4) is 0 Å². The van der Waals surface area contributed by atoms with Gasteiger partial charge in [0, 0.05) is 29.7 Å². The molecule has 0 saturated heterocycles. The van der Waals surface area contributed by atoms with E-state index in [1.165, 1.54) is 11.1 Å². The van der Waals surface area contributed by atoms with Gasteiger partial charge in [-0.2, -0.15) is 0 Å². The average Bonchev–Trinajstić information content (AvgIpc) is 2.59. The number of amides is 1. The summed E-state index contributed by atoms with van der Waals surface area (Å²) in [4.78, 5) is 14.6. The smallest absolute Gasteiger partial charge is 0.252 e. The van der Waals surface area contributed by atoms with Crippen LogP contribution in [-0.2, 0) is 13.0 Å². The van der Waals surface area contributed by atoms with Crippen LogP contribution < -0.4 is 5.32 Å². The summed E-state index contributed by atoms with van der Waals surface area (Å²) in [6, 6.07) is 16.4. The average molecular weight is 420 g/mol. The first-order chi connectivity index (χ1) is 11.2. The first-order valence-corrected chi connectivity index (χ1v) is 9.14. The van der Waals surface area contributed by atoms with Gasteiger partial charge in [-0.15, -0.1) is 0 Å². The fourth-order valence-electron chi connectivity index (χ4n) is 2.99. The van der Waals surface area contributed by atoms with Crippen molar-refractivity contribution in [2.24, 2.45) is 0 Å². The number of nitrogens with zero attached hydrogens (tertiary/aromatic N) is 1. The highest BCUT2D eigenvalue weighted by atomic mass is 127. The largest absolute Gasteiger partial charge is 0.352 e. The lowest BCUT2D eigenvalue weighted by Crippen LogP contribution is -2.33. The highest BCUT2D eigenvalue weighted by Gasteiger charge is 2.15. The molecule has 2 aromatic carbocycles. The molecule has 2 aromatic rings. The Balaban J connectivity index is 1.43. The first kappa shape index (κ1) is 16.5. The summed E-state index contributed by atoms with van der Waals surface area (Å²) >= 11 is 2.20. The lowest BCUT2D eigenvalue weighted by Gasteiger charge is -2.28. The monoisotopic (exact) mass is 420 g/mol. The van der Waals surface area contributed by atoms with Crippen LogP contribution in [-0.4, -0.2) is 30.4 Å². The van der Waals surface area contributed by atoms with Gasteiger partial charge in [0.1, 0.15) is 0 Å². The molecule has 1 amide bonds. The zero-order valence-corrected chi connectivity index (χ0v) is 15.3. The quantitative estimate of drug-likeness (QED) is 0.594. The number of halogens is 1. The maximum atomic E-state index is 12.2. The Bertz CT molecular complexity index is 687. The molecule has 3 rings (SSSR count). The number of rotatable bonds is 5. The standard InChI is InChI=1S/C19H21IN2O/c20-18-9-4-3-8-17(18)19(23)21-11-5-12-22-13-10-15-6-1-2-7-16(15)14-22/h1-4,6-9H,5,10-14H2,(H,21,23). The Hall–Kier alpha value is -1.40. The van der Waals surface area contributed by atoms with Crippen LogP contribution in [0.2, 0.25) is 0 Å². The van der Waals surface area contributed by atoms with Gasteiger partial charge in [-0.25, -0.2) is 0 Å². The summed E-state index contributed by atoms with van der Waals surface area (Å²) < 4.78 is 0.996. The van der Waals surface area contributed by atoms with Crippen LogP contribution in [0.25, 0.3) is 0 Å². The molecule has 0 saturated carbocycles. The van der Waals surface area contributed by atoms with E-state index in [1.54, 1.807) is 0 Å². The van der Waals surface area contributed by atoms with Gasteiger partial charge in [-0.05, 0) is 58.7 Å². The number of benzene rings is 2. The van der Waals surface area contributed by atoms with Crippen molar-refractivity contribution >= 4 is 28.5 Å². The second kappa shape index (κ2) is 7.93. The van der Waals surface area contributed by atoms with Crippen molar-refractivity contribution in [3.63, 3.8) is 0 Å². The normalized spacial score (nSPS) is 14.3. The summed E-state index contributed by atoms with van der Waals surface area (Å²) in [5, 5.41) is 3.03. The Labute approximate surface area is 151 Å². The van der Waals surface area contributed by atoms with E-state index in [0.717, 1.165) is 48.2 Å². The molecule has 0 spiro atoms. The summed E-state index contributed by atoms with van der Waals surface area (Å²) in [6.45, 7) is 3.89. The van der Waals surface area contributed by atoms with Crippen LogP contribution >= 0.6 is 22.6 Å². The summed E-state index contributed by atoms with van der Waals surface area (Å²) in [5.74, 6) is 0.0268. The molecule has 1 aliphatic rings. The highest BCUT2D eigenvalue weighted by Crippen LogP contribution is 2.18. The third-order valence-corrected chi connectivity index (χ3v) is 5.21. The van der Waals surface area contributed by atoms with Crippen molar-refractivity contribution in [1.29, 1.82) is 0 Å². The number of hydrogen-bond donors (Lipinski definition) is 1. The van der Waals surface area contributed by atoms with Gasteiger partial charge in [0.25, 0.3) is 5.91 Å². The molecule has 120 valence electrons. The van der Waals surface area contributed by atoms with E-state index in [-0.39, 0.29) is 5.91 Å².